The number of aryl methyl sites for hydroxylation is 1. The minimum Gasteiger partial charge on any atom is -0.489 e. The molecular weight excluding hydrogens is 540 g/mol. The predicted molar refractivity (Wildman–Crippen MR) is 157 cm³/mol. The molecule has 1 fully saturated rings. The molecule has 1 atom stereocenters. The molecule has 1 aliphatic heterocycles. The van der Waals surface area contributed by atoms with Crippen molar-refractivity contribution in [2.24, 2.45) is 0 Å². The van der Waals surface area contributed by atoms with Gasteiger partial charge in [-0.1, -0.05) is 48.5 Å². The number of ether oxygens (including phenoxy) is 1. The number of carboxylic acid groups (broad SMARTS) is 1. The Hall–Kier alpha value is -3.83. The Morgan fingerprint density at radius 3 is 2.37 bits per heavy atom. The molecule has 5 rings (SSSR count). The van der Waals surface area contributed by atoms with Gasteiger partial charge in [-0.15, -0.1) is 0 Å². The summed E-state index contributed by atoms with van der Waals surface area (Å²) in [6.07, 6.45) is 0. The molecule has 2 heterocycles. The van der Waals surface area contributed by atoms with E-state index in [1.807, 2.05) is 60.4 Å². The zero-order valence-corrected chi connectivity index (χ0v) is 23.8. The Morgan fingerprint density at radius 1 is 0.976 bits per heavy atom. The van der Waals surface area contributed by atoms with Gasteiger partial charge in [-0.05, 0) is 48.9 Å². The van der Waals surface area contributed by atoms with Crippen LogP contribution in [0.15, 0.2) is 89.8 Å². The summed E-state index contributed by atoms with van der Waals surface area (Å²) in [5.74, 6) is -0.522. The van der Waals surface area contributed by atoms with Crippen molar-refractivity contribution in [1.82, 2.24) is 19.5 Å². The van der Waals surface area contributed by atoms with Crippen molar-refractivity contribution in [2.45, 2.75) is 31.0 Å². The first-order chi connectivity index (χ1) is 19.8. The van der Waals surface area contributed by atoms with Crippen LogP contribution in [-0.4, -0.2) is 73.0 Å². The molecule has 0 amide bonds. The number of pyridine rings is 1. The van der Waals surface area contributed by atoms with E-state index in [0.717, 1.165) is 28.7 Å². The summed E-state index contributed by atoms with van der Waals surface area (Å²) in [5.41, 5.74) is 3.99. The highest BCUT2D eigenvalue weighted by molar-refractivity contribution is 7.89. The van der Waals surface area contributed by atoms with E-state index in [0.29, 0.717) is 38.5 Å². The van der Waals surface area contributed by atoms with E-state index in [1.165, 1.54) is 17.7 Å². The third-order valence-electron chi connectivity index (χ3n) is 7.31. The minimum atomic E-state index is -3.91. The first-order valence-electron chi connectivity index (χ1n) is 13.6. The maximum absolute atomic E-state index is 13.0. The Morgan fingerprint density at radius 2 is 1.66 bits per heavy atom. The second kappa shape index (κ2) is 12.8. The molecule has 1 saturated heterocycles. The summed E-state index contributed by atoms with van der Waals surface area (Å²) in [7, 11) is -3.91. The molecule has 0 saturated carbocycles. The van der Waals surface area contributed by atoms with E-state index in [4.69, 9.17) is 4.74 Å². The Labute approximate surface area is 240 Å². The van der Waals surface area contributed by atoms with Crippen LogP contribution in [0.3, 0.4) is 0 Å². The van der Waals surface area contributed by atoms with Gasteiger partial charge in [-0.3, -0.25) is 19.6 Å². The Bertz CT molecular complexity index is 1590. The van der Waals surface area contributed by atoms with Gasteiger partial charge in [0, 0.05) is 55.9 Å². The van der Waals surface area contributed by atoms with E-state index in [1.54, 1.807) is 12.1 Å². The van der Waals surface area contributed by atoms with E-state index in [-0.39, 0.29) is 11.4 Å². The molecule has 1 aliphatic rings. The van der Waals surface area contributed by atoms with Crippen LogP contribution in [0.1, 0.15) is 16.8 Å². The van der Waals surface area contributed by atoms with E-state index >= 15 is 0 Å². The molecule has 10 heteroatoms. The first kappa shape index (κ1) is 28.7. The van der Waals surface area contributed by atoms with Crippen LogP contribution in [0.4, 0.5) is 0 Å². The largest absolute Gasteiger partial charge is 0.489 e. The zero-order chi connectivity index (χ0) is 28.8. The monoisotopic (exact) mass is 574 g/mol. The third-order valence-corrected chi connectivity index (χ3v) is 8.75. The maximum atomic E-state index is 13.0. The summed E-state index contributed by atoms with van der Waals surface area (Å²) in [5, 5.41) is 10.9. The number of para-hydroxylation sites is 1. The van der Waals surface area contributed by atoms with Gasteiger partial charge in [0.15, 0.2) is 0 Å². The van der Waals surface area contributed by atoms with Crippen LogP contribution >= 0.6 is 0 Å². The molecule has 41 heavy (non-hydrogen) atoms. The molecule has 0 aliphatic carbocycles. The van der Waals surface area contributed by atoms with Gasteiger partial charge in [0.25, 0.3) is 0 Å². The van der Waals surface area contributed by atoms with Crippen LogP contribution in [0.2, 0.25) is 0 Å². The molecular formula is C31H34N4O5S. The molecule has 2 N–H and O–H groups in total. The second-order valence-electron chi connectivity index (χ2n) is 10.2. The molecule has 0 bridgehead atoms. The highest BCUT2D eigenvalue weighted by atomic mass is 32.2. The Kier molecular flexibility index (Phi) is 8.94. The molecule has 4 aromatic rings. The number of nitrogens with zero attached hydrogens (tertiary/aromatic N) is 3. The number of piperazine rings is 1. The lowest BCUT2D eigenvalue weighted by atomic mass is 10.1. The fourth-order valence-electron chi connectivity index (χ4n) is 5.11. The van der Waals surface area contributed by atoms with Gasteiger partial charge in [-0.2, -0.15) is 0 Å². The summed E-state index contributed by atoms with van der Waals surface area (Å²) in [4.78, 5) is 20.7. The number of aromatic nitrogens is 1. The lowest BCUT2D eigenvalue weighted by Crippen LogP contribution is -2.55. The molecule has 1 aromatic heterocycles. The standard InChI is InChI=1S/C31H34N4O5S/c1-23-19-25(28-9-5-6-10-29(28)33-23)22-40-26-11-13-27(14-12-26)41(38,39)32-20-30(31(36)37)35-17-15-34(16-18-35)21-24-7-3-2-4-8-24/h2-14,19,30,32H,15-18,20-22H2,1H3,(H,36,37). The number of hydrogen-bond donors (Lipinski definition) is 2. The Balaban J connectivity index is 1.16. The van der Waals surface area contributed by atoms with Crippen molar-refractivity contribution in [2.75, 3.05) is 32.7 Å². The van der Waals surface area contributed by atoms with Crippen molar-refractivity contribution in [3.05, 3.63) is 102 Å². The van der Waals surface area contributed by atoms with Crippen LogP contribution in [0, 0.1) is 6.92 Å². The van der Waals surface area contributed by atoms with Gasteiger partial charge < -0.3 is 9.84 Å². The maximum Gasteiger partial charge on any atom is 0.322 e. The molecule has 214 valence electrons. The smallest absolute Gasteiger partial charge is 0.322 e. The van der Waals surface area contributed by atoms with Crippen molar-refractivity contribution in [1.29, 1.82) is 0 Å². The summed E-state index contributed by atoms with van der Waals surface area (Å²) in [6, 6.07) is 25.1. The fraction of sp³-hybridized carbons (Fsp3) is 0.290. The van der Waals surface area contributed by atoms with Crippen LogP contribution in [0.25, 0.3) is 10.9 Å². The van der Waals surface area contributed by atoms with Crippen LogP contribution in [-0.2, 0) is 28.0 Å². The number of nitrogens with one attached hydrogen (secondary N) is 1. The van der Waals surface area contributed by atoms with Crippen molar-refractivity contribution in [3.8, 4) is 5.75 Å². The molecule has 3 aromatic carbocycles. The molecule has 1 unspecified atom stereocenters. The number of sulfonamides is 1. The second-order valence-corrected chi connectivity index (χ2v) is 12.0. The van der Waals surface area contributed by atoms with E-state index < -0.39 is 22.0 Å². The predicted octanol–water partition coefficient (Wildman–Crippen LogP) is 3.67. The normalized spacial score (nSPS) is 15.5. The quantitative estimate of drug-likeness (QED) is 0.279. The number of aliphatic carboxylic acids is 1. The molecule has 0 spiro atoms. The number of benzene rings is 3. The van der Waals surface area contributed by atoms with Gasteiger partial charge >= 0.3 is 5.97 Å². The molecule has 9 nitrogen and oxygen atoms in total. The average Bonchev–Trinajstić information content (AvgIpc) is 2.97. The lowest BCUT2D eigenvalue weighted by molar-refractivity contribution is -0.143. The van der Waals surface area contributed by atoms with Crippen LogP contribution in [0.5, 0.6) is 5.75 Å². The average molecular weight is 575 g/mol. The first-order valence-corrected chi connectivity index (χ1v) is 15.1. The van der Waals surface area contributed by atoms with E-state index in [9.17, 15) is 18.3 Å². The van der Waals surface area contributed by atoms with Gasteiger partial charge in [0.2, 0.25) is 10.0 Å². The summed E-state index contributed by atoms with van der Waals surface area (Å²) in [6.45, 7) is 5.34. The summed E-state index contributed by atoms with van der Waals surface area (Å²) >= 11 is 0. The lowest BCUT2D eigenvalue weighted by Gasteiger charge is -2.37. The number of rotatable bonds is 11. The topological polar surface area (TPSA) is 112 Å². The van der Waals surface area contributed by atoms with Crippen molar-refractivity contribution in [3.63, 3.8) is 0 Å². The van der Waals surface area contributed by atoms with Crippen molar-refractivity contribution >= 4 is 26.9 Å². The van der Waals surface area contributed by atoms with E-state index in [2.05, 4.69) is 26.7 Å². The highest BCUT2D eigenvalue weighted by Gasteiger charge is 2.30. The van der Waals surface area contributed by atoms with Gasteiger partial charge in [0.05, 0.1) is 10.4 Å². The number of fused-ring (bicyclic) bond motifs is 1. The highest BCUT2D eigenvalue weighted by Crippen LogP contribution is 2.22. The third kappa shape index (κ3) is 7.28. The summed E-state index contributed by atoms with van der Waals surface area (Å²) < 4.78 is 34.4. The minimum absolute atomic E-state index is 0.0480. The van der Waals surface area contributed by atoms with Crippen LogP contribution < -0.4 is 9.46 Å². The fourth-order valence-corrected chi connectivity index (χ4v) is 6.15. The van der Waals surface area contributed by atoms with Gasteiger partial charge in [-0.25, -0.2) is 13.1 Å². The zero-order valence-electron chi connectivity index (χ0n) is 22.9. The SMILES string of the molecule is Cc1cc(COc2ccc(S(=O)(=O)NCC(C(=O)O)N3CCN(Cc4ccccc4)CC3)cc2)c2ccccc2n1. The molecule has 0 radical (unpaired) electrons. The number of hydrogen-bond acceptors (Lipinski definition) is 7. The number of carbonyl (C=O) groups is 1. The number of carboxylic acids is 1. The van der Waals surface area contributed by atoms with Gasteiger partial charge in [0.1, 0.15) is 18.4 Å². The van der Waals surface area contributed by atoms with Crippen molar-refractivity contribution < 1.29 is 23.1 Å².